The highest BCUT2D eigenvalue weighted by molar-refractivity contribution is 14.0. The van der Waals surface area contributed by atoms with E-state index in [4.69, 9.17) is 4.74 Å². The van der Waals surface area contributed by atoms with Gasteiger partial charge < -0.3 is 19.9 Å². The van der Waals surface area contributed by atoms with Gasteiger partial charge in [0.25, 0.3) is 0 Å². The van der Waals surface area contributed by atoms with Crippen molar-refractivity contribution in [1.29, 1.82) is 0 Å². The third kappa shape index (κ3) is 5.15. The number of hydrogen-bond acceptors (Lipinski definition) is 3. The Hall–Kier alpha value is -2.29. The molecule has 28 heavy (non-hydrogen) atoms. The molecule has 0 spiro atoms. The fourth-order valence-electron chi connectivity index (χ4n) is 3.16. The predicted molar refractivity (Wildman–Crippen MR) is 126 cm³/mol. The molecule has 0 aliphatic carbocycles. The predicted octanol–water partition coefficient (Wildman–Crippen LogP) is 3.42. The fraction of sp³-hybridized carbons (Fsp3) is 0.333. The van der Waals surface area contributed by atoms with Gasteiger partial charge in [-0.15, -0.1) is 24.0 Å². The molecular weight excluding hydrogens is 465 g/mol. The van der Waals surface area contributed by atoms with Crippen molar-refractivity contribution in [3.05, 3.63) is 59.4 Å². The van der Waals surface area contributed by atoms with Crippen LogP contribution < -0.4 is 15.4 Å². The summed E-state index contributed by atoms with van der Waals surface area (Å²) < 4.78 is 7.55. The molecule has 0 aliphatic rings. The Morgan fingerprint density at radius 1 is 1.18 bits per heavy atom. The van der Waals surface area contributed by atoms with E-state index >= 15 is 0 Å². The van der Waals surface area contributed by atoms with Crippen LogP contribution in [0.25, 0.3) is 11.0 Å². The molecular formula is C21H28IN5O. The van der Waals surface area contributed by atoms with Gasteiger partial charge in [-0.05, 0) is 37.1 Å². The van der Waals surface area contributed by atoms with Crippen molar-refractivity contribution in [3.63, 3.8) is 0 Å². The third-order valence-corrected chi connectivity index (χ3v) is 4.64. The molecule has 0 bridgehead atoms. The maximum absolute atomic E-state index is 5.45. The summed E-state index contributed by atoms with van der Waals surface area (Å²) in [6.07, 6.45) is 0.859. The number of nitrogens with one attached hydrogen (secondary N) is 2. The first-order valence-electron chi connectivity index (χ1n) is 9.10. The van der Waals surface area contributed by atoms with Crippen molar-refractivity contribution in [3.8, 4) is 5.75 Å². The highest BCUT2D eigenvalue weighted by Crippen LogP contribution is 2.19. The van der Waals surface area contributed by atoms with E-state index in [1.165, 1.54) is 11.1 Å². The molecule has 0 saturated carbocycles. The van der Waals surface area contributed by atoms with E-state index in [0.29, 0.717) is 6.54 Å². The number of methoxy groups -OCH3 is 1. The van der Waals surface area contributed by atoms with Crippen LogP contribution in [0.2, 0.25) is 0 Å². The number of rotatable bonds is 6. The number of fused-ring (bicyclic) bond motifs is 1. The second kappa shape index (κ2) is 10.3. The van der Waals surface area contributed by atoms with Gasteiger partial charge in [0.05, 0.1) is 24.7 Å². The monoisotopic (exact) mass is 493 g/mol. The van der Waals surface area contributed by atoms with Crippen LogP contribution in [0.4, 0.5) is 0 Å². The van der Waals surface area contributed by atoms with Gasteiger partial charge in [0.2, 0.25) is 0 Å². The summed E-state index contributed by atoms with van der Waals surface area (Å²) in [5.41, 5.74) is 4.56. The lowest BCUT2D eigenvalue weighted by Gasteiger charge is -2.13. The first kappa shape index (κ1) is 22.0. The molecule has 0 unspecified atom stereocenters. The van der Waals surface area contributed by atoms with Crippen molar-refractivity contribution < 1.29 is 4.74 Å². The molecule has 150 valence electrons. The molecule has 1 heterocycles. The number of nitrogens with zero attached hydrogens (tertiary/aromatic N) is 3. The van der Waals surface area contributed by atoms with E-state index < -0.39 is 0 Å². The van der Waals surface area contributed by atoms with E-state index in [9.17, 15) is 0 Å². The number of aryl methyl sites for hydroxylation is 2. The van der Waals surface area contributed by atoms with Gasteiger partial charge in [-0.3, -0.25) is 4.99 Å². The number of halogens is 1. The SMILES string of the molecule is CN=C(NCCc1cc(C)ccc1OC)NCc1nc2ccccc2n1C.I. The Morgan fingerprint density at radius 3 is 2.68 bits per heavy atom. The van der Waals surface area contributed by atoms with Crippen LogP contribution in [-0.2, 0) is 20.0 Å². The molecule has 3 aromatic rings. The van der Waals surface area contributed by atoms with Crippen LogP contribution in [0, 0.1) is 6.92 Å². The number of para-hydroxylation sites is 2. The lowest BCUT2D eigenvalue weighted by atomic mass is 10.1. The number of hydrogen-bond donors (Lipinski definition) is 2. The van der Waals surface area contributed by atoms with E-state index in [2.05, 4.69) is 50.3 Å². The minimum absolute atomic E-state index is 0. The molecule has 7 heteroatoms. The minimum Gasteiger partial charge on any atom is -0.496 e. The summed E-state index contributed by atoms with van der Waals surface area (Å²) in [7, 11) is 5.52. The van der Waals surface area contributed by atoms with E-state index in [0.717, 1.165) is 41.5 Å². The second-order valence-electron chi connectivity index (χ2n) is 6.49. The summed E-state index contributed by atoms with van der Waals surface area (Å²) in [6.45, 7) is 3.47. The number of guanidine groups is 1. The molecule has 0 radical (unpaired) electrons. The van der Waals surface area contributed by atoms with Crippen molar-refractivity contribution in [2.75, 3.05) is 20.7 Å². The molecule has 3 rings (SSSR count). The minimum atomic E-state index is 0. The van der Waals surface area contributed by atoms with Crippen LogP contribution in [0.3, 0.4) is 0 Å². The molecule has 0 aliphatic heterocycles. The van der Waals surface area contributed by atoms with Crippen molar-refractivity contribution in [2.24, 2.45) is 12.0 Å². The first-order chi connectivity index (χ1) is 13.1. The molecule has 2 aromatic carbocycles. The van der Waals surface area contributed by atoms with Gasteiger partial charge in [-0.25, -0.2) is 4.98 Å². The topological polar surface area (TPSA) is 63.5 Å². The van der Waals surface area contributed by atoms with E-state index in [1.54, 1.807) is 14.2 Å². The van der Waals surface area contributed by atoms with Gasteiger partial charge in [0, 0.05) is 20.6 Å². The third-order valence-electron chi connectivity index (χ3n) is 4.64. The van der Waals surface area contributed by atoms with E-state index in [1.807, 2.05) is 31.3 Å². The Kier molecular flexibility index (Phi) is 8.10. The van der Waals surface area contributed by atoms with Crippen LogP contribution in [0.5, 0.6) is 5.75 Å². The van der Waals surface area contributed by atoms with Crippen molar-refractivity contribution >= 4 is 41.0 Å². The molecule has 0 fully saturated rings. The summed E-state index contributed by atoms with van der Waals surface area (Å²) >= 11 is 0. The van der Waals surface area contributed by atoms with Gasteiger partial charge in [0.15, 0.2) is 5.96 Å². The lowest BCUT2D eigenvalue weighted by molar-refractivity contribution is 0.409. The smallest absolute Gasteiger partial charge is 0.191 e. The normalized spacial score (nSPS) is 11.2. The van der Waals surface area contributed by atoms with Crippen molar-refractivity contribution in [2.45, 2.75) is 19.9 Å². The summed E-state index contributed by atoms with van der Waals surface area (Å²) in [6, 6.07) is 14.4. The zero-order chi connectivity index (χ0) is 19.2. The molecule has 1 aromatic heterocycles. The Balaban J connectivity index is 0.00000280. The van der Waals surface area contributed by atoms with Crippen LogP contribution in [0.1, 0.15) is 17.0 Å². The lowest BCUT2D eigenvalue weighted by Crippen LogP contribution is -2.38. The number of aromatic nitrogens is 2. The van der Waals surface area contributed by atoms with Crippen LogP contribution >= 0.6 is 24.0 Å². The fourth-order valence-corrected chi connectivity index (χ4v) is 3.16. The van der Waals surface area contributed by atoms with Crippen molar-refractivity contribution in [1.82, 2.24) is 20.2 Å². The maximum Gasteiger partial charge on any atom is 0.191 e. The second-order valence-corrected chi connectivity index (χ2v) is 6.49. The standard InChI is InChI=1S/C21H27N5O.HI/c1-15-9-10-19(27-4)16(13-15)11-12-23-21(22-2)24-14-20-25-17-7-5-6-8-18(17)26(20)3;/h5-10,13H,11-12,14H2,1-4H3,(H2,22,23,24);1H. The number of imidazole rings is 1. The average molecular weight is 493 g/mol. The highest BCUT2D eigenvalue weighted by atomic mass is 127. The number of benzene rings is 2. The molecule has 0 saturated heterocycles. The average Bonchev–Trinajstić information content (AvgIpc) is 3.01. The zero-order valence-electron chi connectivity index (χ0n) is 16.8. The summed E-state index contributed by atoms with van der Waals surface area (Å²) in [4.78, 5) is 8.98. The maximum atomic E-state index is 5.45. The quantitative estimate of drug-likeness (QED) is 0.314. The Bertz CT molecular complexity index is 951. The largest absolute Gasteiger partial charge is 0.496 e. The van der Waals surface area contributed by atoms with E-state index in [-0.39, 0.29) is 24.0 Å². The van der Waals surface area contributed by atoms with Gasteiger partial charge >= 0.3 is 0 Å². The van der Waals surface area contributed by atoms with Gasteiger partial charge in [0.1, 0.15) is 11.6 Å². The molecule has 2 N–H and O–H groups in total. The van der Waals surface area contributed by atoms with Crippen LogP contribution in [0.15, 0.2) is 47.5 Å². The summed E-state index contributed by atoms with van der Waals surface area (Å²) in [5, 5.41) is 6.70. The Labute approximate surface area is 183 Å². The highest BCUT2D eigenvalue weighted by Gasteiger charge is 2.08. The zero-order valence-corrected chi connectivity index (χ0v) is 19.2. The van der Waals surface area contributed by atoms with Crippen LogP contribution in [-0.4, -0.2) is 36.2 Å². The van der Waals surface area contributed by atoms with Gasteiger partial charge in [-0.2, -0.15) is 0 Å². The Morgan fingerprint density at radius 2 is 1.96 bits per heavy atom. The molecule has 0 amide bonds. The number of aliphatic imine (C=N–C) groups is 1. The number of ether oxygens (including phenoxy) is 1. The molecule has 0 atom stereocenters. The summed E-state index contributed by atoms with van der Waals surface area (Å²) in [5.74, 6) is 2.65. The van der Waals surface area contributed by atoms with Gasteiger partial charge in [-0.1, -0.05) is 29.8 Å². The molecule has 6 nitrogen and oxygen atoms in total. The first-order valence-corrected chi connectivity index (χ1v) is 9.10.